The van der Waals surface area contributed by atoms with Gasteiger partial charge in [-0.05, 0) is 78.4 Å². The molecule has 3 aromatic carbocycles. The van der Waals surface area contributed by atoms with Crippen molar-refractivity contribution in [1.82, 2.24) is 5.32 Å². The van der Waals surface area contributed by atoms with Crippen molar-refractivity contribution < 1.29 is 24.5 Å². The Bertz CT molecular complexity index is 1130. The number of methoxy groups -OCH3 is 1. The van der Waals surface area contributed by atoms with Crippen LogP contribution in [0.3, 0.4) is 0 Å². The second-order valence-electron chi connectivity index (χ2n) is 8.12. The Morgan fingerprint density at radius 3 is 2.55 bits per heavy atom. The molecule has 7 heteroatoms. The molecule has 172 valence electrons. The summed E-state index contributed by atoms with van der Waals surface area (Å²) in [6.07, 6.45) is 2.15. The van der Waals surface area contributed by atoms with Crippen LogP contribution < -0.4 is 14.8 Å². The Kier molecular flexibility index (Phi) is 7.18. The lowest BCUT2D eigenvalue weighted by molar-refractivity contribution is 0.0693. The number of aryl methyl sites for hydroxylation is 1. The van der Waals surface area contributed by atoms with Gasteiger partial charge in [0.2, 0.25) is 0 Å². The molecule has 0 saturated carbocycles. The lowest BCUT2D eigenvalue weighted by Gasteiger charge is -2.27. The zero-order valence-corrected chi connectivity index (χ0v) is 19.0. The lowest BCUT2D eigenvalue weighted by atomic mass is 9.88. The highest BCUT2D eigenvalue weighted by atomic mass is 35.5. The molecule has 4 rings (SSSR count). The van der Waals surface area contributed by atoms with Crippen LogP contribution in [0.4, 0.5) is 0 Å². The number of rotatable bonds is 8. The fourth-order valence-corrected chi connectivity index (χ4v) is 4.23. The topological polar surface area (TPSA) is 88.0 Å². The Labute approximate surface area is 197 Å². The number of carbonyl (C=O) groups is 1. The van der Waals surface area contributed by atoms with Gasteiger partial charge < -0.3 is 25.0 Å². The first-order valence-corrected chi connectivity index (χ1v) is 11.2. The van der Waals surface area contributed by atoms with Crippen LogP contribution in [0.5, 0.6) is 17.2 Å². The maximum Gasteiger partial charge on any atom is 0.339 e. The molecule has 0 unspecified atom stereocenters. The molecule has 33 heavy (non-hydrogen) atoms. The number of fused-ring (bicyclic) bond motifs is 1. The van der Waals surface area contributed by atoms with E-state index in [9.17, 15) is 15.0 Å². The summed E-state index contributed by atoms with van der Waals surface area (Å²) in [6.45, 7) is 0.460. The number of aliphatic hydroxyl groups excluding tert-OH is 1. The smallest absolute Gasteiger partial charge is 0.339 e. The van der Waals surface area contributed by atoms with E-state index in [0.717, 1.165) is 24.8 Å². The minimum Gasteiger partial charge on any atom is -0.496 e. The van der Waals surface area contributed by atoms with Gasteiger partial charge in [0.15, 0.2) is 0 Å². The number of hydrogen-bond acceptors (Lipinski definition) is 5. The van der Waals surface area contributed by atoms with Crippen LogP contribution in [0.15, 0.2) is 60.7 Å². The number of carboxylic acid groups (broad SMARTS) is 1. The molecule has 6 nitrogen and oxygen atoms in total. The van der Waals surface area contributed by atoms with Crippen LogP contribution in [-0.2, 0) is 12.8 Å². The van der Waals surface area contributed by atoms with E-state index in [0.29, 0.717) is 23.1 Å². The van der Waals surface area contributed by atoms with Crippen LogP contribution in [-0.4, -0.2) is 35.9 Å². The fourth-order valence-electron chi connectivity index (χ4n) is 4.11. The van der Waals surface area contributed by atoms with Gasteiger partial charge in [-0.1, -0.05) is 29.8 Å². The van der Waals surface area contributed by atoms with Crippen LogP contribution in [0, 0.1) is 0 Å². The number of ether oxygens (including phenoxy) is 2. The third kappa shape index (κ3) is 5.66. The number of hydrogen-bond donors (Lipinski definition) is 3. The van der Waals surface area contributed by atoms with Crippen LogP contribution in [0.2, 0.25) is 5.02 Å². The minimum atomic E-state index is -1.07. The highest BCUT2D eigenvalue weighted by molar-refractivity contribution is 6.30. The summed E-state index contributed by atoms with van der Waals surface area (Å²) in [4.78, 5) is 11.5. The van der Waals surface area contributed by atoms with Crippen molar-refractivity contribution in [2.75, 3.05) is 13.7 Å². The van der Waals surface area contributed by atoms with Crippen LogP contribution in [0.25, 0.3) is 0 Å². The number of aromatic carboxylic acids is 1. The average Bonchev–Trinajstić information content (AvgIpc) is 2.82. The molecule has 1 aliphatic rings. The first-order valence-electron chi connectivity index (χ1n) is 10.8. The number of carboxylic acids is 1. The molecule has 0 aliphatic heterocycles. The summed E-state index contributed by atoms with van der Waals surface area (Å²) in [7, 11) is 1.44. The highest BCUT2D eigenvalue weighted by Crippen LogP contribution is 2.31. The third-order valence-corrected chi connectivity index (χ3v) is 6.15. The third-order valence-electron chi connectivity index (χ3n) is 5.90. The van der Waals surface area contributed by atoms with Crippen molar-refractivity contribution >= 4 is 17.6 Å². The normalized spacial score (nSPS) is 16.0. The van der Waals surface area contributed by atoms with E-state index in [1.807, 2.05) is 24.3 Å². The van der Waals surface area contributed by atoms with Gasteiger partial charge in [-0.3, -0.25) is 0 Å². The van der Waals surface area contributed by atoms with Crippen molar-refractivity contribution in [2.24, 2.45) is 0 Å². The summed E-state index contributed by atoms with van der Waals surface area (Å²) in [5.41, 5.74) is 3.35. The van der Waals surface area contributed by atoms with Gasteiger partial charge in [0.1, 0.15) is 22.8 Å². The van der Waals surface area contributed by atoms with Crippen LogP contribution >= 0.6 is 11.6 Å². The van der Waals surface area contributed by atoms with E-state index in [4.69, 9.17) is 21.1 Å². The van der Waals surface area contributed by atoms with Gasteiger partial charge in [0.25, 0.3) is 0 Å². The zero-order chi connectivity index (χ0) is 23.4. The standard InChI is InChI=1S/C26H26ClNO5/c1-32-25-11-10-22(14-23(25)26(30)31)33-21-9-5-16-4-8-20(12-18(16)13-21)28-15-24(29)17-2-6-19(27)7-3-17/h2-3,5-7,9-11,13-14,20,24,28-29H,4,8,12,15H2,1H3,(H,30,31)/t20-,24-/m0/s1. The predicted molar refractivity (Wildman–Crippen MR) is 127 cm³/mol. The Morgan fingerprint density at radius 1 is 1.09 bits per heavy atom. The molecule has 0 aromatic heterocycles. The Morgan fingerprint density at radius 2 is 1.82 bits per heavy atom. The van der Waals surface area contributed by atoms with Crippen LogP contribution in [0.1, 0.15) is 39.6 Å². The van der Waals surface area contributed by atoms with Crippen molar-refractivity contribution in [2.45, 2.75) is 31.4 Å². The first-order chi connectivity index (χ1) is 15.9. The van der Waals surface area contributed by atoms with Gasteiger partial charge in [0, 0.05) is 17.6 Å². The molecular formula is C26H26ClNO5. The van der Waals surface area contributed by atoms with Gasteiger partial charge in [-0.2, -0.15) is 0 Å². The van der Waals surface area contributed by atoms with E-state index in [1.165, 1.54) is 24.3 Å². The fraction of sp³-hybridized carbons (Fsp3) is 0.269. The van der Waals surface area contributed by atoms with Gasteiger partial charge in [-0.25, -0.2) is 4.79 Å². The molecule has 1 aliphatic carbocycles. The Hall–Kier alpha value is -3.06. The molecule has 3 aromatic rings. The minimum absolute atomic E-state index is 0.0523. The number of aliphatic hydroxyl groups is 1. The maximum absolute atomic E-state index is 11.5. The summed E-state index contributed by atoms with van der Waals surface area (Å²) in [5.74, 6) is 0.300. The molecule has 0 saturated heterocycles. The number of nitrogens with one attached hydrogen (secondary N) is 1. The highest BCUT2D eigenvalue weighted by Gasteiger charge is 2.20. The molecule has 0 spiro atoms. The molecule has 0 amide bonds. The summed E-state index contributed by atoms with van der Waals surface area (Å²) in [5, 5.41) is 24.0. The van der Waals surface area contributed by atoms with Crippen molar-refractivity contribution in [3.63, 3.8) is 0 Å². The van der Waals surface area contributed by atoms with Gasteiger partial charge in [0.05, 0.1) is 13.2 Å². The molecule has 0 bridgehead atoms. The number of halogens is 1. The quantitative estimate of drug-likeness (QED) is 0.431. The molecule has 2 atom stereocenters. The van der Waals surface area contributed by atoms with Gasteiger partial charge >= 0.3 is 5.97 Å². The summed E-state index contributed by atoms with van der Waals surface area (Å²) >= 11 is 5.92. The van der Waals surface area contributed by atoms with E-state index in [2.05, 4.69) is 11.4 Å². The molecule has 0 fully saturated rings. The number of benzene rings is 3. The second-order valence-corrected chi connectivity index (χ2v) is 8.55. The van der Waals surface area contributed by atoms with Crippen molar-refractivity contribution in [3.8, 4) is 17.2 Å². The lowest BCUT2D eigenvalue weighted by Crippen LogP contribution is -2.37. The SMILES string of the molecule is COc1ccc(Oc2ccc3c(c2)C[C@@H](NC[C@H](O)c2ccc(Cl)cc2)CC3)cc1C(=O)O. The van der Waals surface area contributed by atoms with Crippen molar-refractivity contribution in [3.05, 3.63) is 87.9 Å². The monoisotopic (exact) mass is 467 g/mol. The second kappa shape index (κ2) is 10.3. The Balaban J connectivity index is 1.40. The largest absolute Gasteiger partial charge is 0.496 e. The zero-order valence-electron chi connectivity index (χ0n) is 18.3. The van der Waals surface area contributed by atoms with Crippen molar-refractivity contribution in [1.29, 1.82) is 0 Å². The summed E-state index contributed by atoms with van der Waals surface area (Å²) in [6, 6.07) is 18.2. The molecule has 0 heterocycles. The van der Waals surface area contributed by atoms with E-state index >= 15 is 0 Å². The van der Waals surface area contributed by atoms with Gasteiger partial charge in [-0.15, -0.1) is 0 Å². The maximum atomic E-state index is 11.5. The van der Waals surface area contributed by atoms with E-state index in [1.54, 1.807) is 24.3 Å². The molecule has 0 radical (unpaired) electrons. The summed E-state index contributed by atoms with van der Waals surface area (Å²) < 4.78 is 11.0. The predicted octanol–water partition coefficient (Wildman–Crippen LogP) is 5.02. The first kappa shape index (κ1) is 23.1. The molecule has 3 N–H and O–H groups in total. The van der Waals surface area contributed by atoms with E-state index in [-0.39, 0.29) is 17.4 Å². The molecular weight excluding hydrogens is 442 g/mol. The van der Waals surface area contributed by atoms with E-state index < -0.39 is 12.1 Å². The average molecular weight is 468 g/mol.